The van der Waals surface area contributed by atoms with Gasteiger partial charge in [-0.1, -0.05) is 53.4 Å². The van der Waals surface area contributed by atoms with Gasteiger partial charge in [0, 0.05) is 13.7 Å². The molecular weight excluding hydrogens is 351 g/mol. The van der Waals surface area contributed by atoms with Crippen LogP contribution in [0, 0.1) is 0 Å². The molecule has 0 aromatic rings. The van der Waals surface area contributed by atoms with Gasteiger partial charge in [-0.05, 0) is 25.7 Å². The van der Waals surface area contributed by atoms with Gasteiger partial charge in [0.15, 0.2) is 5.12 Å². The molecule has 0 radical (unpaired) electrons. The van der Waals surface area contributed by atoms with Gasteiger partial charge in [0.1, 0.15) is 0 Å². The van der Waals surface area contributed by atoms with Crippen LogP contribution in [0.5, 0.6) is 0 Å². The standard InChI is InChI=1S/C16H36P.C4H6O3S/c1-5-9-13-17(14-10-6-2,15-11-7-3)16-12-8-4;5-3(6)1-2-4(7)8/h5-16H2,1-4H3;1-2H2,(H,5,6)(H,7,8)/q+1;. The summed E-state index contributed by atoms with van der Waals surface area (Å²) in [5.41, 5.74) is 0. The number of aliphatic carboxylic acids is 1. The summed E-state index contributed by atoms with van der Waals surface area (Å²) in [5.74, 6) is -0.965. The Labute approximate surface area is 162 Å². The minimum Gasteiger partial charge on any atom is -0.481 e. The molecule has 0 spiro atoms. The van der Waals surface area contributed by atoms with Crippen molar-refractivity contribution in [3.8, 4) is 0 Å². The Hall–Kier alpha value is -0.0800. The van der Waals surface area contributed by atoms with Crippen LogP contribution < -0.4 is 0 Å². The molecule has 0 saturated heterocycles. The van der Waals surface area contributed by atoms with Crippen molar-refractivity contribution in [1.82, 2.24) is 0 Å². The lowest BCUT2D eigenvalue weighted by Crippen LogP contribution is -2.12. The Morgan fingerprint density at radius 1 is 0.720 bits per heavy atom. The maximum atomic E-state index is 9.95. The molecule has 0 unspecified atom stereocenters. The predicted molar refractivity (Wildman–Crippen MR) is 117 cm³/mol. The Kier molecular flexibility index (Phi) is 20.3. The minimum atomic E-state index is -0.965. The molecule has 150 valence electrons. The predicted octanol–water partition coefficient (Wildman–Crippen LogP) is 6.51. The SMILES string of the molecule is CCCC[P+](CCCC)(CCCC)CCCC.O=C(O)CCC(=O)S. The maximum Gasteiger partial charge on any atom is 0.303 e. The number of carboxylic acids is 1. The normalized spacial score (nSPS) is 10.9. The van der Waals surface area contributed by atoms with Crippen LogP contribution in [0.2, 0.25) is 0 Å². The van der Waals surface area contributed by atoms with Crippen molar-refractivity contribution in [3.63, 3.8) is 0 Å². The van der Waals surface area contributed by atoms with E-state index in [-0.39, 0.29) is 18.0 Å². The Morgan fingerprint density at radius 2 is 1.04 bits per heavy atom. The van der Waals surface area contributed by atoms with Crippen LogP contribution in [-0.2, 0) is 9.59 Å². The van der Waals surface area contributed by atoms with Gasteiger partial charge in [-0.3, -0.25) is 9.59 Å². The molecule has 0 aliphatic carbocycles. The lowest BCUT2D eigenvalue weighted by Gasteiger charge is -2.28. The number of hydrogen-bond donors (Lipinski definition) is 2. The van der Waals surface area contributed by atoms with Crippen LogP contribution in [-0.4, -0.2) is 40.8 Å². The molecule has 0 aromatic heterocycles. The summed E-state index contributed by atoms with van der Waals surface area (Å²) in [4.78, 5) is 19.7. The number of hydrogen-bond acceptors (Lipinski definition) is 2. The summed E-state index contributed by atoms with van der Waals surface area (Å²) in [6.07, 6.45) is 17.8. The number of thiol groups is 1. The average molecular weight is 394 g/mol. The van der Waals surface area contributed by atoms with E-state index in [1.807, 2.05) is 0 Å². The van der Waals surface area contributed by atoms with Crippen molar-refractivity contribution >= 4 is 31.0 Å². The summed E-state index contributed by atoms with van der Waals surface area (Å²) in [7, 11) is -0.562. The highest BCUT2D eigenvalue weighted by Gasteiger charge is 2.34. The van der Waals surface area contributed by atoms with Gasteiger partial charge >= 0.3 is 5.97 Å². The smallest absolute Gasteiger partial charge is 0.303 e. The second-order valence-electron chi connectivity index (χ2n) is 6.94. The summed E-state index contributed by atoms with van der Waals surface area (Å²) >= 11 is 3.37. The zero-order valence-corrected chi connectivity index (χ0v) is 18.8. The highest BCUT2D eigenvalue weighted by Crippen LogP contribution is 2.61. The molecule has 3 nitrogen and oxygen atoms in total. The third-order valence-corrected chi connectivity index (χ3v) is 9.78. The quantitative estimate of drug-likeness (QED) is 0.246. The molecule has 0 saturated carbocycles. The van der Waals surface area contributed by atoms with E-state index >= 15 is 0 Å². The van der Waals surface area contributed by atoms with Gasteiger partial charge in [0.25, 0.3) is 0 Å². The van der Waals surface area contributed by atoms with Gasteiger partial charge in [-0.25, -0.2) is 0 Å². The van der Waals surface area contributed by atoms with E-state index in [1.54, 1.807) is 24.6 Å². The second kappa shape index (κ2) is 18.7. The molecule has 5 heteroatoms. The maximum absolute atomic E-state index is 9.95. The first-order chi connectivity index (χ1) is 11.9. The first kappa shape index (κ1) is 27.1. The zero-order valence-electron chi connectivity index (χ0n) is 17.1. The Bertz CT molecular complexity index is 283. The lowest BCUT2D eigenvalue weighted by atomic mass is 10.3. The Balaban J connectivity index is 0. The molecule has 0 aromatic carbocycles. The third-order valence-electron chi connectivity index (χ3n) is 4.50. The number of carbonyl (C=O) groups is 2. The van der Waals surface area contributed by atoms with Crippen molar-refractivity contribution in [3.05, 3.63) is 0 Å². The molecule has 1 N–H and O–H groups in total. The van der Waals surface area contributed by atoms with Crippen LogP contribution in [0.25, 0.3) is 0 Å². The summed E-state index contributed by atoms with van der Waals surface area (Å²) in [5, 5.41) is 7.59. The topological polar surface area (TPSA) is 54.4 Å². The lowest BCUT2D eigenvalue weighted by molar-refractivity contribution is -0.137. The van der Waals surface area contributed by atoms with Gasteiger partial charge < -0.3 is 5.11 Å². The number of unbranched alkanes of at least 4 members (excludes halogenated alkanes) is 4. The molecule has 0 atom stereocenters. The molecule has 0 aliphatic heterocycles. The fourth-order valence-corrected chi connectivity index (χ4v) is 8.26. The summed E-state index contributed by atoms with van der Waals surface area (Å²) < 4.78 is 0. The fraction of sp³-hybridized carbons (Fsp3) is 0.900. The summed E-state index contributed by atoms with van der Waals surface area (Å²) in [6, 6.07) is 0. The molecule has 0 rings (SSSR count). The zero-order chi connectivity index (χ0) is 19.6. The van der Waals surface area contributed by atoms with Gasteiger partial charge in [-0.15, -0.1) is 12.6 Å². The molecular formula is C20H42O3PS+. The highest BCUT2D eigenvalue weighted by molar-refractivity contribution is 7.96. The molecule has 0 bridgehead atoms. The van der Waals surface area contributed by atoms with Crippen LogP contribution in [0.3, 0.4) is 0 Å². The molecule has 0 heterocycles. The van der Waals surface area contributed by atoms with E-state index in [2.05, 4.69) is 40.3 Å². The largest absolute Gasteiger partial charge is 0.481 e. The average Bonchev–Trinajstić information content (AvgIpc) is 2.59. The van der Waals surface area contributed by atoms with E-state index < -0.39 is 13.2 Å². The van der Waals surface area contributed by atoms with Gasteiger partial charge in [0.2, 0.25) is 0 Å². The highest BCUT2D eigenvalue weighted by atomic mass is 32.1. The molecule has 0 amide bonds. The van der Waals surface area contributed by atoms with E-state index in [0.717, 1.165) is 0 Å². The van der Waals surface area contributed by atoms with Gasteiger partial charge in [0.05, 0.1) is 31.1 Å². The van der Waals surface area contributed by atoms with E-state index in [0.29, 0.717) is 0 Å². The van der Waals surface area contributed by atoms with E-state index in [4.69, 9.17) is 5.11 Å². The first-order valence-electron chi connectivity index (χ1n) is 10.2. The second-order valence-corrected chi connectivity index (χ2v) is 11.9. The van der Waals surface area contributed by atoms with E-state index in [9.17, 15) is 9.59 Å². The fourth-order valence-electron chi connectivity index (χ4n) is 2.86. The van der Waals surface area contributed by atoms with Crippen LogP contribution in [0.1, 0.15) is 91.9 Å². The van der Waals surface area contributed by atoms with Crippen molar-refractivity contribution < 1.29 is 14.7 Å². The van der Waals surface area contributed by atoms with E-state index in [1.165, 1.54) is 51.4 Å². The number of rotatable bonds is 15. The number of carboxylic acid groups (broad SMARTS) is 1. The minimum absolute atomic E-state index is 0.0123. The van der Waals surface area contributed by atoms with Crippen LogP contribution >= 0.6 is 19.9 Å². The van der Waals surface area contributed by atoms with Crippen LogP contribution in [0.15, 0.2) is 0 Å². The Morgan fingerprint density at radius 3 is 1.20 bits per heavy atom. The molecule has 0 aliphatic rings. The first-order valence-corrected chi connectivity index (χ1v) is 13.1. The van der Waals surface area contributed by atoms with Gasteiger partial charge in [-0.2, -0.15) is 0 Å². The molecule has 0 fully saturated rings. The summed E-state index contributed by atoms with van der Waals surface area (Å²) in [6.45, 7) is 9.42. The van der Waals surface area contributed by atoms with Crippen molar-refractivity contribution in [2.75, 3.05) is 24.6 Å². The number of carbonyl (C=O) groups excluding carboxylic acids is 1. The van der Waals surface area contributed by atoms with Crippen molar-refractivity contribution in [2.24, 2.45) is 0 Å². The van der Waals surface area contributed by atoms with Crippen LogP contribution in [0.4, 0.5) is 0 Å². The monoisotopic (exact) mass is 393 g/mol. The van der Waals surface area contributed by atoms with Crippen molar-refractivity contribution in [1.29, 1.82) is 0 Å². The third kappa shape index (κ3) is 18.5. The van der Waals surface area contributed by atoms with Crippen molar-refractivity contribution in [2.45, 2.75) is 91.9 Å². The molecule has 25 heavy (non-hydrogen) atoms.